The van der Waals surface area contributed by atoms with E-state index in [1.807, 2.05) is 0 Å². The smallest absolute Gasteiger partial charge is 0.0579 e. The standard InChI is InChI=1S/C20H21N/c1-3-21-20(19-11-7-4-8-15(19)2)18-13-12-16-9-5-6-10-17(16)14-18/h4-14,20-21H,3H2,1-2H3. The van der Waals surface area contributed by atoms with Crippen molar-refractivity contribution < 1.29 is 0 Å². The Labute approximate surface area is 126 Å². The average Bonchev–Trinajstić information content (AvgIpc) is 2.53. The van der Waals surface area contributed by atoms with Gasteiger partial charge in [-0.25, -0.2) is 0 Å². The van der Waals surface area contributed by atoms with Crippen molar-refractivity contribution in [2.45, 2.75) is 19.9 Å². The van der Waals surface area contributed by atoms with Crippen LogP contribution in [0.5, 0.6) is 0 Å². The van der Waals surface area contributed by atoms with E-state index in [9.17, 15) is 0 Å². The third-order valence-electron chi connectivity index (χ3n) is 4.01. The van der Waals surface area contributed by atoms with Crippen molar-refractivity contribution in [1.29, 1.82) is 0 Å². The van der Waals surface area contributed by atoms with Crippen LogP contribution in [0.1, 0.15) is 29.7 Å². The first-order chi connectivity index (χ1) is 10.3. The zero-order valence-corrected chi connectivity index (χ0v) is 12.6. The van der Waals surface area contributed by atoms with E-state index in [4.69, 9.17) is 0 Å². The van der Waals surface area contributed by atoms with Gasteiger partial charge in [0.1, 0.15) is 0 Å². The summed E-state index contributed by atoms with van der Waals surface area (Å²) in [6, 6.07) is 24.2. The van der Waals surface area contributed by atoms with Gasteiger partial charge in [0.2, 0.25) is 0 Å². The van der Waals surface area contributed by atoms with Crippen LogP contribution in [0.4, 0.5) is 0 Å². The Kier molecular flexibility index (Phi) is 4.03. The monoisotopic (exact) mass is 275 g/mol. The highest BCUT2D eigenvalue weighted by molar-refractivity contribution is 5.83. The van der Waals surface area contributed by atoms with Crippen LogP contribution in [0.25, 0.3) is 10.8 Å². The van der Waals surface area contributed by atoms with E-state index in [1.54, 1.807) is 0 Å². The lowest BCUT2D eigenvalue weighted by molar-refractivity contribution is 0.628. The van der Waals surface area contributed by atoms with Gasteiger partial charge in [0.05, 0.1) is 6.04 Å². The van der Waals surface area contributed by atoms with Crippen molar-refractivity contribution in [3.63, 3.8) is 0 Å². The molecule has 0 fully saturated rings. The van der Waals surface area contributed by atoms with E-state index in [1.165, 1.54) is 27.5 Å². The Morgan fingerprint density at radius 1 is 0.857 bits per heavy atom. The molecule has 0 aliphatic heterocycles. The number of hydrogen-bond donors (Lipinski definition) is 1. The lowest BCUT2D eigenvalue weighted by Crippen LogP contribution is -2.22. The predicted molar refractivity (Wildman–Crippen MR) is 90.6 cm³/mol. The van der Waals surface area contributed by atoms with Crippen molar-refractivity contribution in [1.82, 2.24) is 5.32 Å². The zero-order valence-electron chi connectivity index (χ0n) is 12.6. The fraction of sp³-hybridized carbons (Fsp3) is 0.200. The van der Waals surface area contributed by atoms with Gasteiger partial charge < -0.3 is 5.32 Å². The highest BCUT2D eigenvalue weighted by atomic mass is 14.9. The van der Waals surface area contributed by atoms with Gasteiger partial charge in [-0.05, 0) is 47.0 Å². The van der Waals surface area contributed by atoms with E-state index in [0.29, 0.717) is 0 Å². The molecule has 1 unspecified atom stereocenters. The molecule has 3 aromatic rings. The van der Waals surface area contributed by atoms with Crippen LogP contribution in [-0.4, -0.2) is 6.54 Å². The molecule has 1 N–H and O–H groups in total. The van der Waals surface area contributed by atoms with Crippen molar-refractivity contribution >= 4 is 10.8 Å². The predicted octanol–water partition coefficient (Wildman–Crippen LogP) is 4.85. The summed E-state index contributed by atoms with van der Waals surface area (Å²) in [4.78, 5) is 0. The average molecular weight is 275 g/mol. The van der Waals surface area contributed by atoms with E-state index in [2.05, 4.69) is 85.9 Å². The first-order valence-electron chi connectivity index (χ1n) is 7.57. The first kappa shape index (κ1) is 13.8. The fourth-order valence-corrected chi connectivity index (χ4v) is 2.91. The number of fused-ring (bicyclic) bond motifs is 1. The van der Waals surface area contributed by atoms with Gasteiger partial charge in [-0.2, -0.15) is 0 Å². The van der Waals surface area contributed by atoms with Crippen molar-refractivity contribution in [2.75, 3.05) is 6.54 Å². The number of hydrogen-bond acceptors (Lipinski definition) is 1. The van der Waals surface area contributed by atoms with E-state index < -0.39 is 0 Å². The minimum atomic E-state index is 0.251. The van der Waals surface area contributed by atoms with Gasteiger partial charge in [-0.15, -0.1) is 0 Å². The molecule has 1 heteroatoms. The molecule has 0 radical (unpaired) electrons. The zero-order chi connectivity index (χ0) is 14.7. The molecule has 106 valence electrons. The maximum absolute atomic E-state index is 3.62. The molecule has 0 amide bonds. The number of rotatable bonds is 4. The van der Waals surface area contributed by atoms with Crippen molar-refractivity contribution in [2.24, 2.45) is 0 Å². The summed E-state index contributed by atoms with van der Waals surface area (Å²) in [5, 5.41) is 6.21. The SMILES string of the molecule is CCNC(c1ccc2ccccc2c1)c1ccccc1C. The largest absolute Gasteiger partial charge is 0.307 e. The molecule has 0 saturated heterocycles. The Bertz CT molecular complexity index is 745. The van der Waals surface area contributed by atoms with E-state index in [-0.39, 0.29) is 6.04 Å². The molecule has 3 aromatic carbocycles. The van der Waals surface area contributed by atoms with Crippen molar-refractivity contribution in [3.05, 3.63) is 83.4 Å². The molecule has 21 heavy (non-hydrogen) atoms. The molecular formula is C20H21N. The second kappa shape index (κ2) is 6.11. The Balaban J connectivity index is 2.09. The lowest BCUT2D eigenvalue weighted by atomic mass is 9.93. The van der Waals surface area contributed by atoms with Crippen LogP contribution in [0.15, 0.2) is 66.7 Å². The molecule has 0 heterocycles. The highest BCUT2D eigenvalue weighted by Gasteiger charge is 2.14. The second-order valence-electron chi connectivity index (χ2n) is 5.45. The molecule has 0 saturated carbocycles. The number of nitrogens with one attached hydrogen (secondary N) is 1. The molecular weight excluding hydrogens is 254 g/mol. The van der Waals surface area contributed by atoms with Crippen LogP contribution in [-0.2, 0) is 0 Å². The molecule has 0 aliphatic carbocycles. The normalized spacial score (nSPS) is 12.5. The summed E-state index contributed by atoms with van der Waals surface area (Å²) >= 11 is 0. The topological polar surface area (TPSA) is 12.0 Å². The van der Waals surface area contributed by atoms with Gasteiger partial charge in [-0.1, -0.05) is 67.6 Å². The first-order valence-corrected chi connectivity index (χ1v) is 7.57. The van der Waals surface area contributed by atoms with Crippen molar-refractivity contribution in [3.8, 4) is 0 Å². The van der Waals surface area contributed by atoms with Crippen LogP contribution < -0.4 is 5.32 Å². The quantitative estimate of drug-likeness (QED) is 0.718. The summed E-state index contributed by atoms with van der Waals surface area (Å²) in [6.07, 6.45) is 0. The fourth-order valence-electron chi connectivity index (χ4n) is 2.91. The lowest BCUT2D eigenvalue weighted by Gasteiger charge is -2.21. The van der Waals surface area contributed by atoms with E-state index in [0.717, 1.165) is 6.54 Å². The van der Waals surface area contributed by atoms with Gasteiger partial charge in [0, 0.05) is 0 Å². The summed E-state index contributed by atoms with van der Waals surface area (Å²) in [7, 11) is 0. The number of benzene rings is 3. The molecule has 1 nitrogen and oxygen atoms in total. The van der Waals surface area contributed by atoms with Gasteiger partial charge in [-0.3, -0.25) is 0 Å². The second-order valence-corrected chi connectivity index (χ2v) is 5.45. The van der Waals surface area contributed by atoms with Gasteiger partial charge in [0.15, 0.2) is 0 Å². The van der Waals surface area contributed by atoms with Crippen LogP contribution >= 0.6 is 0 Å². The maximum Gasteiger partial charge on any atom is 0.0579 e. The minimum Gasteiger partial charge on any atom is -0.307 e. The Morgan fingerprint density at radius 2 is 1.57 bits per heavy atom. The summed E-state index contributed by atoms with van der Waals surface area (Å²) in [5.41, 5.74) is 4.01. The molecule has 0 bridgehead atoms. The molecule has 0 aliphatic rings. The Hall–Kier alpha value is -2.12. The molecule has 0 aromatic heterocycles. The van der Waals surface area contributed by atoms with Crippen LogP contribution in [0.3, 0.4) is 0 Å². The Morgan fingerprint density at radius 3 is 2.33 bits per heavy atom. The van der Waals surface area contributed by atoms with E-state index >= 15 is 0 Å². The highest BCUT2D eigenvalue weighted by Crippen LogP contribution is 2.27. The molecule has 3 rings (SSSR count). The third kappa shape index (κ3) is 2.84. The maximum atomic E-state index is 3.62. The summed E-state index contributed by atoms with van der Waals surface area (Å²) < 4.78 is 0. The van der Waals surface area contributed by atoms with Crippen LogP contribution in [0.2, 0.25) is 0 Å². The molecule has 1 atom stereocenters. The summed E-state index contributed by atoms with van der Waals surface area (Å²) in [6.45, 7) is 5.29. The third-order valence-corrected chi connectivity index (χ3v) is 4.01. The van der Waals surface area contributed by atoms with Gasteiger partial charge in [0.25, 0.3) is 0 Å². The number of aryl methyl sites for hydroxylation is 1. The van der Waals surface area contributed by atoms with Gasteiger partial charge >= 0.3 is 0 Å². The van der Waals surface area contributed by atoms with Crippen LogP contribution in [0, 0.1) is 6.92 Å². The molecule has 0 spiro atoms. The minimum absolute atomic E-state index is 0.251. The summed E-state index contributed by atoms with van der Waals surface area (Å²) in [5.74, 6) is 0.